The Hall–Kier alpha value is -2.90. The van der Waals surface area contributed by atoms with Crippen molar-refractivity contribution >= 4 is 26.7 Å². The zero-order chi connectivity index (χ0) is 21.3. The topological polar surface area (TPSA) is 84.5 Å². The summed E-state index contributed by atoms with van der Waals surface area (Å²) < 4.78 is 32.8. The van der Waals surface area contributed by atoms with Crippen molar-refractivity contribution in [1.82, 2.24) is 10.0 Å². The molecule has 0 atom stereocenters. The van der Waals surface area contributed by atoms with Crippen LogP contribution in [-0.2, 0) is 16.6 Å². The second kappa shape index (κ2) is 8.08. The van der Waals surface area contributed by atoms with Crippen LogP contribution in [0.15, 0.2) is 59.5 Å². The summed E-state index contributed by atoms with van der Waals surface area (Å²) in [6, 6.07) is 16.5. The highest BCUT2D eigenvalue weighted by atomic mass is 32.2. The molecule has 30 heavy (non-hydrogen) atoms. The van der Waals surface area contributed by atoms with Gasteiger partial charge in [0.25, 0.3) is 5.91 Å². The number of ether oxygens (including phenoxy) is 1. The quantitative estimate of drug-likeness (QED) is 0.608. The number of hydrogen-bond donors (Lipinski definition) is 2. The second-order valence-electron chi connectivity index (χ2n) is 7.60. The van der Waals surface area contributed by atoms with E-state index in [4.69, 9.17) is 4.74 Å². The van der Waals surface area contributed by atoms with E-state index in [0.717, 1.165) is 40.5 Å². The average Bonchev–Trinajstić information content (AvgIpc) is 3.55. The van der Waals surface area contributed by atoms with E-state index < -0.39 is 10.0 Å². The molecule has 0 spiro atoms. The lowest BCUT2D eigenvalue weighted by atomic mass is 10.1. The van der Waals surface area contributed by atoms with Gasteiger partial charge in [-0.1, -0.05) is 24.3 Å². The summed E-state index contributed by atoms with van der Waals surface area (Å²) >= 11 is 0. The number of aryl methyl sites for hydroxylation is 1. The number of carbonyl (C=O) groups excluding carboxylic acids is 1. The van der Waals surface area contributed by atoms with Crippen molar-refractivity contribution in [1.29, 1.82) is 0 Å². The van der Waals surface area contributed by atoms with E-state index in [0.29, 0.717) is 12.1 Å². The van der Waals surface area contributed by atoms with Gasteiger partial charge in [-0.05, 0) is 72.0 Å². The van der Waals surface area contributed by atoms with Crippen LogP contribution in [0.2, 0.25) is 0 Å². The molecule has 3 aromatic rings. The average molecular weight is 425 g/mol. The first-order valence-electron chi connectivity index (χ1n) is 9.83. The van der Waals surface area contributed by atoms with E-state index in [1.165, 1.54) is 12.1 Å². The maximum atomic E-state index is 12.8. The first-order valence-corrected chi connectivity index (χ1v) is 11.3. The molecule has 2 N–H and O–H groups in total. The summed E-state index contributed by atoms with van der Waals surface area (Å²) in [5, 5.41) is 5.01. The lowest BCUT2D eigenvalue weighted by Crippen LogP contribution is -2.27. The van der Waals surface area contributed by atoms with Gasteiger partial charge in [-0.15, -0.1) is 0 Å². The number of hydrogen-bond acceptors (Lipinski definition) is 4. The Morgan fingerprint density at radius 3 is 2.50 bits per heavy atom. The SMILES string of the molecule is COc1ccc2cc(CNC(=O)c3cc(S(=O)(=O)NC4CC4)ccc3C)ccc2c1. The normalized spacial score (nSPS) is 13.9. The summed E-state index contributed by atoms with van der Waals surface area (Å²) in [5.41, 5.74) is 2.04. The molecule has 6 nitrogen and oxygen atoms in total. The van der Waals surface area contributed by atoms with E-state index in [1.807, 2.05) is 36.4 Å². The molecule has 0 aromatic heterocycles. The molecule has 0 unspecified atom stereocenters. The Morgan fingerprint density at radius 1 is 1.03 bits per heavy atom. The molecule has 1 aliphatic carbocycles. The fourth-order valence-electron chi connectivity index (χ4n) is 3.29. The maximum Gasteiger partial charge on any atom is 0.251 e. The number of amides is 1. The van der Waals surface area contributed by atoms with Gasteiger partial charge in [-0.2, -0.15) is 0 Å². The van der Waals surface area contributed by atoms with Gasteiger partial charge >= 0.3 is 0 Å². The number of benzene rings is 3. The fraction of sp³-hybridized carbons (Fsp3) is 0.261. The largest absolute Gasteiger partial charge is 0.497 e. The third-order valence-electron chi connectivity index (χ3n) is 5.23. The number of sulfonamides is 1. The van der Waals surface area contributed by atoms with Gasteiger partial charge in [0.15, 0.2) is 0 Å². The molecule has 7 heteroatoms. The van der Waals surface area contributed by atoms with Crippen LogP contribution >= 0.6 is 0 Å². The van der Waals surface area contributed by atoms with Crippen LogP contribution in [0, 0.1) is 6.92 Å². The van der Waals surface area contributed by atoms with Crippen LogP contribution in [-0.4, -0.2) is 27.5 Å². The smallest absolute Gasteiger partial charge is 0.251 e. The molecule has 0 heterocycles. The fourth-order valence-corrected chi connectivity index (χ4v) is 4.62. The third kappa shape index (κ3) is 4.47. The minimum absolute atomic E-state index is 0.0152. The van der Waals surface area contributed by atoms with Gasteiger partial charge < -0.3 is 10.1 Å². The van der Waals surface area contributed by atoms with Gasteiger partial charge in [-0.3, -0.25) is 4.79 Å². The zero-order valence-corrected chi connectivity index (χ0v) is 17.8. The number of fused-ring (bicyclic) bond motifs is 1. The lowest BCUT2D eigenvalue weighted by molar-refractivity contribution is 0.0950. The highest BCUT2D eigenvalue weighted by Gasteiger charge is 2.28. The molecular weight excluding hydrogens is 400 g/mol. The molecule has 156 valence electrons. The molecule has 3 aromatic carbocycles. The van der Waals surface area contributed by atoms with E-state index in [2.05, 4.69) is 10.0 Å². The maximum absolute atomic E-state index is 12.8. The summed E-state index contributed by atoms with van der Waals surface area (Å²) in [7, 11) is -1.97. The second-order valence-corrected chi connectivity index (χ2v) is 9.32. The van der Waals surface area contributed by atoms with Crippen molar-refractivity contribution in [3.63, 3.8) is 0 Å². The summed E-state index contributed by atoms with van der Waals surface area (Å²) in [6.07, 6.45) is 1.72. The molecular formula is C23H24N2O4S. The van der Waals surface area contributed by atoms with Crippen LogP contribution in [0.3, 0.4) is 0 Å². The highest BCUT2D eigenvalue weighted by Crippen LogP contribution is 2.24. The molecule has 0 aliphatic heterocycles. The van der Waals surface area contributed by atoms with Crippen molar-refractivity contribution in [3.05, 3.63) is 71.3 Å². The summed E-state index contributed by atoms with van der Waals surface area (Å²) in [6.45, 7) is 2.14. The third-order valence-corrected chi connectivity index (χ3v) is 6.75. The Kier molecular flexibility index (Phi) is 5.49. The molecule has 0 bridgehead atoms. The summed E-state index contributed by atoms with van der Waals surface area (Å²) in [4.78, 5) is 12.9. The van der Waals surface area contributed by atoms with Gasteiger partial charge in [0.05, 0.1) is 12.0 Å². The highest BCUT2D eigenvalue weighted by molar-refractivity contribution is 7.89. The molecule has 1 fully saturated rings. The first kappa shape index (κ1) is 20.4. The molecule has 4 rings (SSSR count). The van der Waals surface area contributed by atoms with E-state index in [1.54, 1.807) is 20.1 Å². The number of rotatable bonds is 7. The van der Waals surface area contributed by atoms with Gasteiger partial charge in [0.2, 0.25) is 10.0 Å². The molecule has 1 saturated carbocycles. The van der Waals surface area contributed by atoms with E-state index >= 15 is 0 Å². The first-order chi connectivity index (χ1) is 14.4. The van der Waals surface area contributed by atoms with E-state index in [9.17, 15) is 13.2 Å². The van der Waals surface area contributed by atoms with Crippen LogP contribution in [0.25, 0.3) is 10.8 Å². The number of carbonyl (C=O) groups is 1. The minimum atomic E-state index is -3.61. The number of nitrogens with one attached hydrogen (secondary N) is 2. The van der Waals surface area contributed by atoms with Crippen molar-refractivity contribution in [2.24, 2.45) is 0 Å². The van der Waals surface area contributed by atoms with Gasteiger partial charge in [0, 0.05) is 18.2 Å². The molecule has 1 aliphatic rings. The van der Waals surface area contributed by atoms with Crippen molar-refractivity contribution in [3.8, 4) is 5.75 Å². The van der Waals surface area contributed by atoms with Crippen LogP contribution in [0.5, 0.6) is 5.75 Å². The van der Waals surface area contributed by atoms with Crippen molar-refractivity contribution < 1.29 is 17.9 Å². The zero-order valence-electron chi connectivity index (χ0n) is 16.9. The lowest BCUT2D eigenvalue weighted by Gasteiger charge is -2.11. The van der Waals surface area contributed by atoms with Crippen molar-refractivity contribution in [2.45, 2.75) is 37.2 Å². The Balaban J connectivity index is 1.49. The van der Waals surface area contributed by atoms with Gasteiger partial charge in [0.1, 0.15) is 5.75 Å². The molecule has 1 amide bonds. The van der Waals surface area contributed by atoms with Crippen LogP contribution in [0.4, 0.5) is 0 Å². The van der Waals surface area contributed by atoms with Crippen molar-refractivity contribution in [2.75, 3.05) is 7.11 Å². The monoisotopic (exact) mass is 424 g/mol. The minimum Gasteiger partial charge on any atom is -0.497 e. The predicted octanol–water partition coefficient (Wildman–Crippen LogP) is 3.53. The molecule has 0 radical (unpaired) electrons. The summed E-state index contributed by atoms with van der Waals surface area (Å²) in [5.74, 6) is 0.496. The van der Waals surface area contributed by atoms with E-state index in [-0.39, 0.29) is 16.8 Å². The van der Waals surface area contributed by atoms with Crippen LogP contribution < -0.4 is 14.8 Å². The Bertz CT molecular complexity index is 1220. The number of methoxy groups -OCH3 is 1. The standard InChI is InChI=1S/C23H24N2O4S/c1-15-3-10-21(30(27,28)25-19-7-8-19)13-22(15)23(26)24-14-16-4-5-18-12-20(29-2)9-6-17(18)11-16/h3-6,9-13,19,25H,7-8,14H2,1-2H3,(H,24,26). The Morgan fingerprint density at radius 2 is 1.77 bits per heavy atom. The van der Waals surface area contributed by atoms with Crippen LogP contribution in [0.1, 0.15) is 34.3 Å². The molecule has 0 saturated heterocycles. The Labute approximate surface area is 176 Å². The van der Waals surface area contributed by atoms with Gasteiger partial charge in [-0.25, -0.2) is 13.1 Å². The predicted molar refractivity (Wildman–Crippen MR) is 116 cm³/mol.